The molecule has 1 aromatic heterocycles. The minimum Gasteiger partial charge on any atom is -0.433 e. The van der Waals surface area contributed by atoms with Gasteiger partial charge in [0.15, 0.2) is 5.60 Å². The molecule has 0 N–H and O–H groups in total. The molecule has 0 unspecified atom stereocenters. The van der Waals surface area contributed by atoms with Gasteiger partial charge in [0, 0.05) is 28.1 Å². The topological polar surface area (TPSA) is 48.4 Å². The number of halogens is 2. The number of carbonyl (C=O) groups is 1. The number of carbonyl (C=O) groups excluding carboxylic acids is 1. The van der Waals surface area contributed by atoms with E-state index in [-0.39, 0.29) is 11.8 Å². The highest BCUT2D eigenvalue weighted by molar-refractivity contribution is 9.10. The Labute approximate surface area is 160 Å². The molecule has 25 heavy (non-hydrogen) atoms. The summed E-state index contributed by atoms with van der Waals surface area (Å²) in [7, 11) is 0. The van der Waals surface area contributed by atoms with Gasteiger partial charge in [0.1, 0.15) is 5.15 Å². The number of nitrogens with zero attached hydrogens (tertiary/aromatic N) is 1. The molecule has 1 aliphatic rings. The first-order valence-corrected chi connectivity index (χ1v) is 9.14. The van der Waals surface area contributed by atoms with Gasteiger partial charge in [0.2, 0.25) is 6.29 Å². The van der Waals surface area contributed by atoms with Crippen molar-refractivity contribution in [3.63, 3.8) is 0 Å². The molecular weight excluding hydrogens is 406 g/mol. The molecule has 0 radical (unpaired) electrons. The van der Waals surface area contributed by atoms with Gasteiger partial charge in [-0.25, -0.2) is 9.78 Å². The van der Waals surface area contributed by atoms with E-state index in [1.165, 1.54) is 0 Å². The lowest BCUT2D eigenvalue weighted by atomic mass is 9.87. The number of benzene rings is 1. The highest BCUT2D eigenvalue weighted by Crippen LogP contribution is 2.44. The summed E-state index contributed by atoms with van der Waals surface area (Å²) in [5.41, 5.74) is -0.158. The van der Waals surface area contributed by atoms with Crippen LogP contribution in [0, 0.1) is 5.41 Å². The van der Waals surface area contributed by atoms with Crippen LogP contribution in [0.5, 0.6) is 0 Å². The molecule has 0 aliphatic carbocycles. The number of aromatic nitrogens is 1. The van der Waals surface area contributed by atoms with Gasteiger partial charge >= 0.3 is 5.97 Å². The molecule has 6 heteroatoms. The lowest BCUT2D eigenvalue weighted by molar-refractivity contribution is -0.156. The SMILES string of the molecule is CC(C)(C)[C@@H]1OC(=O)[C@](Cc2c(Br)ccnc2Cl)(c2ccccc2)O1. The predicted molar refractivity (Wildman–Crippen MR) is 99.2 cm³/mol. The van der Waals surface area contributed by atoms with Crippen molar-refractivity contribution < 1.29 is 14.3 Å². The first-order chi connectivity index (χ1) is 11.7. The largest absolute Gasteiger partial charge is 0.433 e. The van der Waals surface area contributed by atoms with Crippen molar-refractivity contribution in [2.24, 2.45) is 5.41 Å². The Morgan fingerprint density at radius 2 is 1.92 bits per heavy atom. The van der Waals surface area contributed by atoms with Crippen LogP contribution in [0.1, 0.15) is 31.9 Å². The standard InChI is InChI=1S/C19H19BrClNO3/c1-18(2,3)17-24-16(23)19(25-17,12-7-5-4-6-8-12)11-13-14(20)9-10-22-15(13)21/h4-10,17H,11H2,1-3H3/t17-,19+/m1/s1. The molecule has 132 valence electrons. The number of pyridine rings is 1. The Morgan fingerprint density at radius 3 is 2.48 bits per heavy atom. The van der Waals surface area contributed by atoms with Gasteiger partial charge in [0.05, 0.1) is 0 Å². The number of hydrogen-bond acceptors (Lipinski definition) is 4. The number of ether oxygens (including phenoxy) is 2. The fourth-order valence-electron chi connectivity index (χ4n) is 2.76. The van der Waals surface area contributed by atoms with E-state index in [0.717, 1.165) is 10.0 Å². The zero-order chi connectivity index (χ0) is 18.2. The monoisotopic (exact) mass is 423 g/mol. The van der Waals surface area contributed by atoms with Crippen LogP contribution in [0.25, 0.3) is 0 Å². The number of cyclic esters (lactones) is 1. The zero-order valence-corrected chi connectivity index (χ0v) is 16.6. The molecule has 1 aromatic carbocycles. The Morgan fingerprint density at radius 1 is 1.24 bits per heavy atom. The second kappa shape index (κ2) is 6.71. The van der Waals surface area contributed by atoms with E-state index in [2.05, 4.69) is 20.9 Å². The van der Waals surface area contributed by atoms with Gasteiger partial charge in [-0.15, -0.1) is 0 Å². The van der Waals surface area contributed by atoms with Crippen LogP contribution in [0.3, 0.4) is 0 Å². The molecule has 2 atom stereocenters. The molecule has 0 bridgehead atoms. The summed E-state index contributed by atoms with van der Waals surface area (Å²) in [6.45, 7) is 5.91. The number of esters is 1. The summed E-state index contributed by atoms with van der Waals surface area (Å²) in [6, 6.07) is 11.2. The van der Waals surface area contributed by atoms with Crippen LogP contribution < -0.4 is 0 Å². The lowest BCUT2D eigenvalue weighted by Crippen LogP contribution is -2.37. The summed E-state index contributed by atoms with van der Waals surface area (Å²) in [5.74, 6) is -0.412. The average Bonchev–Trinajstić information content (AvgIpc) is 2.90. The first kappa shape index (κ1) is 18.4. The van der Waals surface area contributed by atoms with Crippen molar-refractivity contribution >= 4 is 33.5 Å². The van der Waals surface area contributed by atoms with Crippen LogP contribution in [0.15, 0.2) is 47.1 Å². The Bertz CT molecular complexity index is 771. The number of rotatable bonds is 3. The second-order valence-corrected chi connectivity index (χ2v) is 8.37. The minimum atomic E-state index is -1.26. The summed E-state index contributed by atoms with van der Waals surface area (Å²) in [4.78, 5) is 17.1. The van der Waals surface area contributed by atoms with Crippen molar-refractivity contribution in [1.82, 2.24) is 4.98 Å². The zero-order valence-electron chi connectivity index (χ0n) is 14.3. The van der Waals surface area contributed by atoms with E-state index in [1.54, 1.807) is 12.3 Å². The van der Waals surface area contributed by atoms with Gasteiger partial charge in [-0.1, -0.05) is 78.6 Å². The van der Waals surface area contributed by atoms with Crippen molar-refractivity contribution in [3.8, 4) is 0 Å². The molecular formula is C19H19BrClNO3. The molecule has 0 saturated carbocycles. The van der Waals surface area contributed by atoms with Gasteiger partial charge in [-0.3, -0.25) is 0 Å². The molecule has 4 nitrogen and oxygen atoms in total. The maximum Gasteiger partial charge on any atom is 0.345 e. The summed E-state index contributed by atoms with van der Waals surface area (Å²) in [5, 5.41) is 0.334. The van der Waals surface area contributed by atoms with Gasteiger partial charge in [-0.2, -0.15) is 0 Å². The van der Waals surface area contributed by atoms with E-state index < -0.39 is 17.9 Å². The van der Waals surface area contributed by atoms with Crippen LogP contribution in [0.4, 0.5) is 0 Å². The summed E-state index contributed by atoms with van der Waals surface area (Å²) >= 11 is 9.78. The molecule has 0 spiro atoms. The van der Waals surface area contributed by atoms with Crippen molar-refractivity contribution in [3.05, 3.63) is 63.3 Å². The quantitative estimate of drug-likeness (QED) is 0.520. The van der Waals surface area contributed by atoms with E-state index >= 15 is 0 Å². The van der Waals surface area contributed by atoms with Crippen LogP contribution >= 0.6 is 27.5 Å². The fourth-order valence-corrected chi connectivity index (χ4v) is 3.55. The highest BCUT2D eigenvalue weighted by atomic mass is 79.9. The maximum atomic E-state index is 13.0. The van der Waals surface area contributed by atoms with E-state index in [4.69, 9.17) is 21.1 Å². The van der Waals surface area contributed by atoms with Crippen molar-refractivity contribution in [1.29, 1.82) is 0 Å². The molecule has 2 aromatic rings. The van der Waals surface area contributed by atoms with E-state index in [9.17, 15) is 4.79 Å². The second-order valence-electron chi connectivity index (χ2n) is 7.15. The third-order valence-corrected chi connectivity index (χ3v) is 5.24. The van der Waals surface area contributed by atoms with Gasteiger partial charge in [-0.05, 0) is 11.6 Å². The van der Waals surface area contributed by atoms with E-state index in [1.807, 2.05) is 51.1 Å². The van der Waals surface area contributed by atoms with Gasteiger partial charge < -0.3 is 9.47 Å². The first-order valence-electron chi connectivity index (χ1n) is 7.97. The molecule has 1 saturated heterocycles. The summed E-state index contributed by atoms with van der Waals surface area (Å²) in [6.07, 6.45) is 1.20. The van der Waals surface area contributed by atoms with Crippen molar-refractivity contribution in [2.45, 2.75) is 39.1 Å². The van der Waals surface area contributed by atoms with Gasteiger partial charge in [0.25, 0.3) is 0 Å². The molecule has 0 amide bonds. The predicted octanol–water partition coefficient (Wildman–Crippen LogP) is 4.88. The molecule has 2 heterocycles. The average molecular weight is 425 g/mol. The van der Waals surface area contributed by atoms with Crippen molar-refractivity contribution in [2.75, 3.05) is 0 Å². The maximum absolute atomic E-state index is 13.0. The van der Waals surface area contributed by atoms with Crippen LogP contribution in [-0.4, -0.2) is 17.2 Å². The number of hydrogen-bond donors (Lipinski definition) is 0. The molecule has 3 rings (SSSR count). The minimum absolute atomic E-state index is 0.232. The van der Waals surface area contributed by atoms with E-state index in [0.29, 0.717) is 10.7 Å². The third kappa shape index (κ3) is 3.46. The smallest absolute Gasteiger partial charge is 0.345 e. The highest BCUT2D eigenvalue weighted by Gasteiger charge is 2.55. The third-order valence-electron chi connectivity index (χ3n) is 4.17. The Hall–Kier alpha value is -1.43. The lowest BCUT2D eigenvalue weighted by Gasteiger charge is -2.29. The van der Waals surface area contributed by atoms with Crippen LogP contribution in [-0.2, 0) is 26.3 Å². The van der Waals surface area contributed by atoms with Crippen LogP contribution in [0.2, 0.25) is 5.15 Å². The normalized spacial score (nSPS) is 23.6. The molecule has 1 fully saturated rings. The Kier molecular flexibility index (Phi) is 4.93. The summed E-state index contributed by atoms with van der Waals surface area (Å²) < 4.78 is 12.6. The fraction of sp³-hybridized carbons (Fsp3) is 0.368. The molecule has 1 aliphatic heterocycles. The Balaban J connectivity index is 2.10.